The molecule has 1 amide bonds. The molecule has 37 heavy (non-hydrogen) atoms. The Bertz CT molecular complexity index is 1400. The minimum absolute atomic E-state index is 0.0538. The van der Waals surface area contributed by atoms with Crippen molar-refractivity contribution in [3.8, 4) is 11.1 Å². The summed E-state index contributed by atoms with van der Waals surface area (Å²) >= 11 is 0. The fourth-order valence-electron chi connectivity index (χ4n) is 5.50. The molecule has 2 aliphatic rings. The van der Waals surface area contributed by atoms with E-state index in [1.807, 2.05) is 36.4 Å². The van der Waals surface area contributed by atoms with Crippen molar-refractivity contribution in [2.75, 3.05) is 13.1 Å². The fourth-order valence-corrected chi connectivity index (χ4v) is 7.09. The Kier molecular flexibility index (Phi) is 6.92. The van der Waals surface area contributed by atoms with Crippen LogP contribution >= 0.6 is 0 Å². The van der Waals surface area contributed by atoms with Crippen molar-refractivity contribution < 1.29 is 18.0 Å². The molecule has 8 nitrogen and oxygen atoms in total. The molecule has 3 unspecified atom stereocenters. The number of sulfonamides is 1. The minimum atomic E-state index is -3.90. The van der Waals surface area contributed by atoms with Crippen LogP contribution in [0.4, 0.5) is 0 Å². The van der Waals surface area contributed by atoms with Crippen LogP contribution in [-0.4, -0.2) is 64.5 Å². The number of carbonyl (C=O) groups is 2. The smallest absolute Gasteiger partial charge is 0.245 e. The molecule has 4 heterocycles. The van der Waals surface area contributed by atoms with Gasteiger partial charge in [0.25, 0.3) is 0 Å². The molecule has 192 valence electrons. The highest BCUT2D eigenvalue weighted by molar-refractivity contribution is 7.89. The number of benzene rings is 1. The number of nitrogens with zero attached hydrogens (tertiary/aromatic N) is 4. The van der Waals surface area contributed by atoms with E-state index in [0.717, 1.165) is 16.7 Å². The number of ketones is 1. The number of carbonyl (C=O) groups excluding carboxylic acids is 2. The number of pyridine rings is 2. The third kappa shape index (κ3) is 4.81. The first-order valence-electron chi connectivity index (χ1n) is 12.5. The number of aromatic nitrogens is 2. The number of Topliss-reactive ketones (excluding diaryl/α,β-unsaturated/α-hetero) is 1. The van der Waals surface area contributed by atoms with Gasteiger partial charge in [0.1, 0.15) is 10.9 Å². The first-order chi connectivity index (χ1) is 17.8. The summed E-state index contributed by atoms with van der Waals surface area (Å²) in [6, 6.07) is 13.5. The first kappa shape index (κ1) is 25.2. The summed E-state index contributed by atoms with van der Waals surface area (Å²) in [5.74, 6) is -0.558. The molecule has 0 bridgehead atoms. The van der Waals surface area contributed by atoms with Gasteiger partial charge in [0, 0.05) is 31.3 Å². The van der Waals surface area contributed by atoms with E-state index >= 15 is 0 Å². The van der Waals surface area contributed by atoms with E-state index in [0.29, 0.717) is 19.4 Å². The number of hydrogen-bond donors (Lipinski definition) is 0. The van der Waals surface area contributed by atoms with E-state index in [2.05, 4.69) is 23.8 Å². The van der Waals surface area contributed by atoms with Gasteiger partial charge in [0.15, 0.2) is 5.78 Å². The van der Waals surface area contributed by atoms with Crippen molar-refractivity contribution in [1.82, 2.24) is 19.2 Å². The average molecular weight is 519 g/mol. The summed E-state index contributed by atoms with van der Waals surface area (Å²) in [6.07, 6.45) is 7.35. The van der Waals surface area contributed by atoms with E-state index in [-0.39, 0.29) is 29.0 Å². The Balaban J connectivity index is 1.44. The predicted octanol–water partition coefficient (Wildman–Crippen LogP) is 3.52. The average Bonchev–Trinajstić information content (AvgIpc) is 3.49. The Labute approximate surface area is 217 Å². The molecule has 0 saturated carbocycles. The number of rotatable bonds is 7. The van der Waals surface area contributed by atoms with Gasteiger partial charge in [-0.15, -0.1) is 0 Å². The summed E-state index contributed by atoms with van der Waals surface area (Å²) in [7, 11) is -3.90. The largest absolute Gasteiger partial charge is 0.330 e. The van der Waals surface area contributed by atoms with Crippen molar-refractivity contribution >= 4 is 21.7 Å². The van der Waals surface area contributed by atoms with Crippen LogP contribution in [0.25, 0.3) is 11.1 Å². The Morgan fingerprint density at radius 1 is 1.03 bits per heavy atom. The second kappa shape index (κ2) is 10.1. The molecule has 0 aliphatic carbocycles. The van der Waals surface area contributed by atoms with E-state index in [1.165, 1.54) is 22.8 Å². The summed E-state index contributed by atoms with van der Waals surface area (Å²) in [4.78, 5) is 37.0. The molecule has 5 rings (SSSR count). The molecule has 3 aromatic rings. The summed E-state index contributed by atoms with van der Waals surface area (Å²) in [5.41, 5.74) is 2.81. The maximum absolute atomic E-state index is 14.0. The molecular weight excluding hydrogens is 488 g/mol. The molecule has 2 saturated heterocycles. The van der Waals surface area contributed by atoms with Crippen LogP contribution in [-0.2, 0) is 19.6 Å². The van der Waals surface area contributed by atoms with Crippen LogP contribution in [0.1, 0.15) is 38.2 Å². The molecular formula is C28H30N4O4S. The lowest BCUT2D eigenvalue weighted by atomic mass is 9.87. The van der Waals surface area contributed by atoms with Gasteiger partial charge in [0.05, 0.1) is 18.5 Å². The third-order valence-corrected chi connectivity index (χ3v) is 9.05. The number of likely N-dealkylation sites (tertiary alicyclic amines) is 1. The summed E-state index contributed by atoms with van der Waals surface area (Å²) in [5, 5.41) is 0. The van der Waals surface area contributed by atoms with Crippen LogP contribution in [0.5, 0.6) is 0 Å². The van der Waals surface area contributed by atoms with E-state index in [9.17, 15) is 18.0 Å². The lowest BCUT2D eigenvalue weighted by molar-refractivity contribution is -0.138. The van der Waals surface area contributed by atoms with Crippen LogP contribution in [0.2, 0.25) is 0 Å². The van der Waals surface area contributed by atoms with Gasteiger partial charge in [-0.05, 0) is 53.6 Å². The minimum Gasteiger partial charge on any atom is -0.330 e. The van der Waals surface area contributed by atoms with Crippen molar-refractivity contribution in [3.63, 3.8) is 0 Å². The lowest BCUT2D eigenvalue weighted by Gasteiger charge is -2.29. The van der Waals surface area contributed by atoms with Crippen LogP contribution < -0.4 is 0 Å². The fraction of sp³-hybridized carbons (Fsp3) is 0.357. The monoisotopic (exact) mass is 518 g/mol. The quantitative estimate of drug-likeness (QED) is 0.475. The SMILES string of the molecule is CC(C)CC(C(=O)N1CCC2C1C(=O)CN2S(=O)(=O)c1cccnc1)c1cccc(-c2cccnc2)c1. The van der Waals surface area contributed by atoms with Crippen molar-refractivity contribution in [1.29, 1.82) is 0 Å². The topological polar surface area (TPSA) is 101 Å². The third-order valence-electron chi connectivity index (χ3n) is 7.19. The second-order valence-corrected chi connectivity index (χ2v) is 12.0. The summed E-state index contributed by atoms with van der Waals surface area (Å²) < 4.78 is 27.8. The molecule has 9 heteroatoms. The van der Waals surface area contributed by atoms with Crippen LogP contribution in [0.3, 0.4) is 0 Å². The molecule has 0 spiro atoms. The zero-order valence-corrected chi connectivity index (χ0v) is 21.7. The molecule has 3 atom stereocenters. The number of hydrogen-bond acceptors (Lipinski definition) is 6. The van der Waals surface area contributed by atoms with E-state index in [4.69, 9.17) is 0 Å². The van der Waals surface area contributed by atoms with Crippen molar-refractivity contribution in [2.24, 2.45) is 5.92 Å². The van der Waals surface area contributed by atoms with Crippen molar-refractivity contribution in [3.05, 3.63) is 78.9 Å². The van der Waals surface area contributed by atoms with E-state index < -0.39 is 28.0 Å². The Morgan fingerprint density at radius 2 is 1.76 bits per heavy atom. The maximum atomic E-state index is 14.0. The zero-order valence-electron chi connectivity index (χ0n) is 20.9. The maximum Gasteiger partial charge on any atom is 0.245 e. The lowest BCUT2D eigenvalue weighted by Crippen LogP contribution is -2.45. The van der Waals surface area contributed by atoms with Gasteiger partial charge >= 0.3 is 0 Å². The van der Waals surface area contributed by atoms with Gasteiger partial charge in [0.2, 0.25) is 15.9 Å². The second-order valence-electron chi connectivity index (χ2n) is 10.1. The number of fused-ring (bicyclic) bond motifs is 1. The van der Waals surface area contributed by atoms with Gasteiger partial charge in [-0.25, -0.2) is 8.42 Å². The van der Waals surface area contributed by atoms with Gasteiger partial charge in [-0.1, -0.05) is 44.2 Å². The van der Waals surface area contributed by atoms with Gasteiger partial charge < -0.3 is 4.90 Å². The van der Waals surface area contributed by atoms with E-state index in [1.54, 1.807) is 23.4 Å². The first-order valence-corrected chi connectivity index (χ1v) is 14.0. The Hall–Kier alpha value is -3.43. The van der Waals surface area contributed by atoms with Crippen LogP contribution in [0.15, 0.2) is 78.2 Å². The number of amides is 1. The summed E-state index contributed by atoms with van der Waals surface area (Å²) in [6.45, 7) is 4.25. The molecule has 0 radical (unpaired) electrons. The van der Waals surface area contributed by atoms with Gasteiger partial charge in [-0.2, -0.15) is 4.31 Å². The molecule has 2 aromatic heterocycles. The molecule has 2 aliphatic heterocycles. The molecule has 1 aromatic carbocycles. The van der Waals surface area contributed by atoms with Crippen LogP contribution in [0, 0.1) is 5.92 Å². The highest BCUT2D eigenvalue weighted by atomic mass is 32.2. The molecule has 0 N–H and O–H groups in total. The highest BCUT2D eigenvalue weighted by Gasteiger charge is 2.54. The van der Waals surface area contributed by atoms with Gasteiger partial charge in [-0.3, -0.25) is 19.6 Å². The molecule has 2 fully saturated rings. The van der Waals surface area contributed by atoms with Crippen molar-refractivity contribution in [2.45, 2.75) is 49.6 Å². The highest BCUT2D eigenvalue weighted by Crippen LogP contribution is 2.37. The normalized spacial score (nSPS) is 20.8. The zero-order chi connectivity index (χ0) is 26.2. The standard InChI is InChI=1S/C28H30N4O4S/c1-19(2)14-24(21-7-3-6-20(15-21)22-8-4-11-29-16-22)28(34)31-13-10-25-27(31)26(33)18-32(25)37(35,36)23-9-5-12-30-17-23/h3-9,11-12,15-17,19,24-25,27H,10,13-14,18H2,1-2H3. The Morgan fingerprint density at radius 3 is 2.43 bits per heavy atom. The predicted molar refractivity (Wildman–Crippen MR) is 139 cm³/mol.